The fourth-order valence-electron chi connectivity index (χ4n) is 4.69. The second-order valence-corrected chi connectivity index (χ2v) is 8.42. The standard InChI is InChI=1S/C22H23ClN4O2/c23-16-8-3-6-14-15-7-4-10-18(22(15)25-21(14)16)24-19(28)12-27-20(29)11-13-5-1-2-9-17(13)26-27/h3,6,8,11,18,25H,1-2,4-5,7,9-10,12H2,(H,24,28). The number of rotatable bonds is 3. The first-order chi connectivity index (χ1) is 14.1. The minimum atomic E-state index is -0.206. The summed E-state index contributed by atoms with van der Waals surface area (Å²) >= 11 is 6.35. The number of hydrogen-bond acceptors (Lipinski definition) is 3. The number of nitrogens with one attached hydrogen (secondary N) is 2. The molecule has 0 saturated heterocycles. The van der Waals surface area contributed by atoms with Crippen molar-refractivity contribution in [2.24, 2.45) is 0 Å². The maximum absolute atomic E-state index is 12.7. The number of aromatic amines is 1. The third-order valence-corrected chi connectivity index (χ3v) is 6.41. The molecular weight excluding hydrogens is 388 g/mol. The largest absolute Gasteiger partial charge is 0.355 e. The first kappa shape index (κ1) is 18.4. The Balaban J connectivity index is 1.38. The lowest BCUT2D eigenvalue weighted by atomic mass is 9.91. The van der Waals surface area contributed by atoms with E-state index in [9.17, 15) is 9.59 Å². The smallest absolute Gasteiger partial charge is 0.267 e. The van der Waals surface area contributed by atoms with Crippen molar-refractivity contribution >= 4 is 28.4 Å². The van der Waals surface area contributed by atoms with Crippen LogP contribution in [-0.2, 0) is 30.6 Å². The van der Waals surface area contributed by atoms with E-state index < -0.39 is 0 Å². The van der Waals surface area contributed by atoms with Crippen LogP contribution in [0.3, 0.4) is 0 Å². The lowest BCUT2D eigenvalue weighted by molar-refractivity contribution is -0.122. The van der Waals surface area contributed by atoms with Crippen LogP contribution < -0.4 is 10.9 Å². The Bertz CT molecular complexity index is 1160. The third kappa shape index (κ3) is 3.35. The van der Waals surface area contributed by atoms with E-state index in [1.807, 2.05) is 12.1 Å². The molecule has 1 aromatic carbocycles. The Morgan fingerprint density at radius 2 is 2.10 bits per heavy atom. The van der Waals surface area contributed by atoms with E-state index in [4.69, 9.17) is 11.6 Å². The number of benzene rings is 1. The highest BCUT2D eigenvalue weighted by Gasteiger charge is 2.26. The van der Waals surface area contributed by atoms with Gasteiger partial charge in [0.05, 0.1) is 22.3 Å². The van der Waals surface area contributed by atoms with E-state index in [0.29, 0.717) is 5.02 Å². The Morgan fingerprint density at radius 1 is 1.24 bits per heavy atom. The first-order valence-corrected chi connectivity index (χ1v) is 10.7. The molecule has 0 bridgehead atoms. The zero-order valence-electron chi connectivity index (χ0n) is 16.1. The molecule has 0 spiro atoms. The Morgan fingerprint density at radius 3 is 3.00 bits per heavy atom. The second-order valence-electron chi connectivity index (χ2n) is 8.01. The van der Waals surface area contributed by atoms with Crippen LogP contribution in [0.15, 0.2) is 29.1 Å². The number of aryl methyl sites for hydroxylation is 3. The number of carbonyl (C=O) groups excluding carboxylic acids is 1. The zero-order chi connectivity index (χ0) is 20.0. The van der Waals surface area contributed by atoms with Gasteiger partial charge in [0, 0.05) is 17.1 Å². The van der Waals surface area contributed by atoms with E-state index in [1.54, 1.807) is 6.07 Å². The summed E-state index contributed by atoms with van der Waals surface area (Å²) in [5.74, 6) is -0.196. The van der Waals surface area contributed by atoms with Crippen LogP contribution in [0.4, 0.5) is 0 Å². The van der Waals surface area contributed by atoms with Gasteiger partial charge < -0.3 is 10.3 Å². The molecule has 0 radical (unpaired) electrons. The summed E-state index contributed by atoms with van der Waals surface area (Å²) < 4.78 is 1.30. The van der Waals surface area contributed by atoms with Crippen LogP contribution in [0.25, 0.3) is 10.9 Å². The van der Waals surface area contributed by atoms with Crippen LogP contribution in [0.5, 0.6) is 0 Å². The number of amides is 1. The van der Waals surface area contributed by atoms with Gasteiger partial charge in [-0.2, -0.15) is 5.10 Å². The highest BCUT2D eigenvalue weighted by Crippen LogP contribution is 2.36. The molecule has 6 nitrogen and oxygen atoms in total. The molecule has 1 amide bonds. The van der Waals surface area contributed by atoms with Gasteiger partial charge in [-0.05, 0) is 62.1 Å². The molecule has 7 heteroatoms. The van der Waals surface area contributed by atoms with Gasteiger partial charge in [-0.15, -0.1) is 0 Å². The van der Waals surface area contributed by atoms with Crippen molar-refractivity contribution in [1.29, 1.82) is 0 Å². The molecule has 2 aliphatic carbocycles. The summed E-state index contributed by atoms with van der Waals surface area (Å²) in [5, 5.41) is 9.36. The minimum Gasteiger partial charge on any atom is -0.355 e. The Kier molecular flexibility index (Phi) is 4.66. The van der Waals surface area contributed by atoms with Gasteiger partial charge in [-0.25, -0.2) is 4.68 Å². The molecule has 2 N–H and O–H groups in total. The first-order valence-electron chi connectivity index (χ1n) is 10.3. The highest BCUT2D eigenvalue weighted by molar-refractivity contribution is 6.35. The second kappa shape index (κ2) is 7.34. The van der Waals surface area contributed by atoms with Crippen LogP contribution in [0, 0.1) is 0 Å². The summed E-state index contributed by atoms with van der Waals surface area (Å²) in [6.45, 7) is -0.0566. The molecule has 1 atom stereocenters. The third-order valence-electron chi connectivity index (χ3n) is 6.09. The molecule has 2 aliphatic rings. The number of H-pyrrole nitrogens is 1. The summed E-state index contributed by atoms with van der Waals surface area (Å²) in [6.07, 6.45) is 6.77. The molecule has 150 valence electrons. The van der Waals surface area contributed by atoms with Crippen molar-refractivity contribution in [3.63, 3.8) is 0 Å². The van der Waals surface area contributed by atoms with Gasteiger partial charge in [-0.3, -0.25) is 9.59 Å². The summed E-state index contributed by atoms with van der Waals surface area (Å²) in [7, 11) is 0. The SMILES string of the molecule is O=C(Cn1nc2c(cc1=O)CCCC2)NC1CCCc2c1[nH]c1c(Cl)cccc21. The van der Waals surface area contributed by atoms with Crippen LogP contribution in [0.1, 0.15) is 54.2 Å². The average molecular weight is 411 g/mol. The topological polar surface area (TPSA) is 79.8 Å². The average Bonchev–Trinajstić information content (AvgIpc) is 3.10. The van der Waals surface area contributed by atoms with Gasteiger partial charge in [0.2, 0.25) is 5.91 Å². The maximum atomic E-state index is 12.7. The van der Waals surface area contributed by atoms with Gasteiger partial charge >= 0.3 is 0 Å². The normalized spacial score (nSPS) is 18.3. The molecule has 5 rings (SSSR count). The molecule has 1 unspecified atom stereocenters. The number of aromatic nitrogens is 3. The van der Waals surface area contributed by atoms with E-state index in [0.717, 1.165) is 72.8 Å². The van der Waals surface area contributed by atoms with Crippen molar-refractivity contribution < 1.29 is 4.79 Å². The van der Waals surface area contributed by atoms with Crippen molar-refractivity contribution in [1.82, 2.24) is 20.1 Å². The predicted octanol–water partition coefficient (Wildman–Crippen LogP) is 3.45. The molecular formula is C22H23ClN4O2. The number of hydrogen-bond donors (Lipinski definition) is 2. The number of fused-ring (bicyclic) bond motifs is 4. The van der Waals surface area contributed by atoms with Crippen LogP contribution in [0.2, 0.25) is 5.02 Å². The fraction of sp³-hybridized carbons (Fsp3) is 0.409. The summed E-state index contributed by atoms with van der Waals surface area (Å²) in [5.41, 5.74) is 4.95. The Hall–Kier alpha value is -2.60. The molecule has 0 aliphatic heterocycles. The highest BCUT2D eigenvalue weighted by atomic mass is 35.5. The van der Waals surface area contributed by atoms with E-state index in [-0.39, 0.29) is 24.1 Å². The number of nitrogens with zero attached hydrogens (tertiary/aromatic N) is 2. The van der Waals surface area contributed by atoms with E-state index >= 15 is 0 Å². The molecule has 0 fully saturated rings. The number of para-hydroxylation sites is 1. The van der Waals surface area contributed by atoms with Crippen LogP contribution in [-0.4, -0.2) is 20.7 Å². The number of halogens is 1. The fourth-order valence-corrected chi connectivity index (χ4v) is 4.91. The Labute approximate surface area is 173 Å². The van der Waals surface area contributed by atoms with Crippen molar-refractivity contribution in [2.45, 2.75) is 57.5 Å². The van der Waals surface area contributed by atoms with Gasteiger partial charge in [0.1, 0.15) is 6.54 Å². The van der Waals surface area contributed by atoms with Gasteiger partial charge in [-0.1, -0.05) is 23.7 Å². The lowest BCUT2D eigenvalue weighted by Gasteiger charge is -2.24. The van der Waals surface area contributed by atoms with Gasteiger partial charge in [0.15, 0.2) is 0 Å². The molecule has 29 heavy (non-hydrogen) atoms. The number of carbonyl (C=O) groups is 1. The van der Waals surface area contributed by atoms with E-state index in [1.165, 1.54) is 10.2 Å². The molecule has 2 heterocycles. The molecule has 2 aromatic heterocycles. The monoisotopic (exact) mass is 410 g/mol. The van der Waals surface area contributed by atoms with Crippen molar-refractivity contribution in [3.8, 4) is 0 Å². The van der Waals surface area contributed by atoms with Crippen molar-refractivity contribution in [2.75, 3.05) is 0 Å². The summed E-state index contributed by atoms with van der Waals surface area (Å²) in [6, 6.07) is 7.43. The van der Waals surface area contributed by atoms with Gasteiger partial charge in [0.25, 0.3) is 5.56 Å². The van der Waals surface area contributed by atoms with Crippen LogP contribution >= 0.6 is 11.6 Å². The van der Waals surface area contributed by atoms with E-state index in [2.05, 4.69) is 21.5 Å². The molecule has 3 aromatic rings. The summed E-state index contributed by atoms with van der Waals surface area (Å²) in [4.78, 5) is 28.5. The lowest BCUT2D eigenvalue weighted by Crippen LogP contribution is -2.37. The zero-order valence-corrected chi connectivity index (χ0v) is 16.9. The predicted molar refractivity (Wildman–Crippen MR) is 112 cm³/mol. The van der Waals surface area contributed by atoms with Crippen molar-refractivity contribution in [3.05, 3.63) is 62.2 Å². The maximum Gasteiger partial charge on any atom is 0.267 e. The quantitative estimate of drug-likeness (QED) is 0.694. The molecule has 0 saturated carbocycles. The minimum absolute atomic E-state index is 0.0566.